The highest BCUT2D eigenvalue weighted by Gasteiger charge is 2.34. The standard InChI is InChI=1S/C17H16O5/c1-20-14-9-12(19)16(21-2)17-15(14)11(18)8-13(22-17)10-6-4-3-5-7-10/h3-7,9,13,19H,8H2,1-2H3/t13-/m1/s1. The van der Waals surface area contributed by atoms with Crippen molar-refractivity contribution in [1.82, 2.24) is 0 Å². The van der Waals surface area contributed by atoms with Crippen molar-refractivity contribution in [3.63, 3.8) is 0 Å². The van der Waals surface area contributed by atoms with Gasteiger partial charge in [-0.3, -0.25) is 4.79 Å². The van der Waals surface area contributed by atoms with E-state index in [2.05, 4.69) is 0 Å². The lowest BCUT2D eigenvalue weighted by molar-refractivity contribution is 0.0836. The number of carbonyl (C=O) groups is 1. The lowest BCUT2D eigenvalue weighted by atomic mass is 9.95. The number of ketones is 1. The zero-order chi connectivity index (χ0) is 15.7. The molecule has 2 aromatic carbocycles. The molecule has 2 aromatic rings. The van der Waals surface area contributed by atoms with Crippen LogP contribution in [0.5, 0.6) is 23.0 Å². The number of aromatic hydroxyl groups is 1. The summed E-state index contributed by atoms with van der Waals surface area (Å²) >= 11 is 0. The summed E-state index contributed by atoms with van der Waals surface area (Å²) in [6, 6.07) is 10.8. The van der Waals surface area contributed by atoms with Gasteiger partial charge in [-0.05, 0) is 5.56 Å². The predicted molar refractivity (Wildman–Crippen MR) is 80.0 cm³/mol. The van der Waals surface area contributed by atoms with Crippen molar-refractivity contribution in [2.75, 3.05) is 14.2 Å². The second-order valence-electron chi connectivity index (χ2n) is 4.98. The topological polar surface area (TPSA) is 65.0 Å². The number of hydrogen-bond acceptors (Lipinski definition) is 5. The summed E-state index contributed by atoms with van der Waals surface area (Å²) in [5, 5.41) is 10.0. The number of Topliss-reactive ketones (excluding diaryl/α,β-unsaturated/α-hetero) is 1. The first-order valence-corrected chi connectivity index (χ1v) is 6.88. The molecule has 0 bridgehead atoms. The maximum absolute atomic E-state index is 12.5. The lowest BCUT2D eigenvalue weighted by Crippen LogP contribution is -2.21. The van der Waals surface area contributed by atoms with Crippen molar-refractivity contribution < 1.29 is 24.1 Å². The molecule has 0 amide bonds. The van der Waals surface area contributed by atoms with E-state index in [4.69, 9.17) is 14.2 Å². The van der Waals surface area contributed by atoms with Crippen LogP contribution in [-0.4, -0.2) is 25.1 Å². The number of methoxy groups -OCH3 is 2. The van der Waals surface area contributed by atoms with Crippen molar-refractivity contribution in [3.05, 3.63) is 47.5 Å². The SMILES string of the molecule is COc1cc(O)c(OC)c2c1C(=O)C[C@H](c1ccccc1)O2. The molecule has 0 saturated carbocycles. The first kappa shape index (κ1) is 14.3. The largest absolute Gasteiger partial charge is 0.504 e. The summed E-state index contributed by atoms with van der Waals surface area (Å²) in [7, 11) is 2.86. The van der Waals surface area contributed by atoms with E-state index in [1.165, 1.54) is 20.3 Å². The molecule has 1 N–H and O–H groups in total. The van der Waals surface area contributed by atoms with Crippen molar-refractivity contribution >= 4 is 5.78 Å². The average molecular weight is 300 g/mol. The zero-order valence-electron chi connectivity index (χ0n) is 12.3. The van der Waals surface area contributed by atoms with Crippen LogP contribution in [0.15, 0.2) is 36.4 Å². The van der Waals surface area contributed by atoms with Gasteiger partial charge in [0.05, 0.1) is 20.6 Å². The first-order valence-electron chi connectivity index (χ1n) is 6.88. The molecule has 0 spiro atoms. The van der Waals surface area contributed by atoms with Gasteiger partial charge in [-0.15, -0.1) is 0 Å². The van der Waals surface area contributed by atoms with Gasteiger partial charge in [-0.25, -0.2) is 0 Å². The molecule has 22 heavy (non-hydrogen) atoms. The highest BCUT2D eigenvalue weighted by atomic mass is 16.5. The molecule has 3 rings (SSSR count). The summed E-state index contributed by atoms with van der Waals surface area (Å²) in [4.78, 5) is 12.5. The Kier molecular flexibility index (Phi) is 3.63. The van der Waals surface area contributed by atoms with Gasteiger partial charge in [0.2, 0.25) is 5.75 Å². The number of hydrogen-bond donors (Lipinski definition) is 1. The van der Waals surface area contributed by atoms with Crippen LogP contribution in [0.4, 0.5) is 0 Å². The van der Waals surface area contributed by atoms with Crippen molar-refractivity contribution in [2.45, 2.75) is 12.5 Å². The minimum atomic E-state index is -0.415. The molecular weight excluding hydrogens is 284 g/mol. The Balaban J connectivity index is 2.12. The molecule has 0 saturated heterocycles. The summed E-state index contributed by atoms with van der Waals surface area (Å²) in [5.74, 6) is 0.420. The molecule has 5 nitrogen and oxygen atoms in total. The normalized spacial score (nSPS) is 16.6. The fraction of sp³-hybridized carbons (Fsp3) is 0.235. The van der Waals surface area contributed by atoms with Crippen LogP contribution >= 0.6 is 0 Å². The van der Waals surface area contributed by atoms with Gasteiger partial charge in [0.1, 0.15) is 17.4 Å². The van der Waals surface area contributed by atoms with Crippen LogP contribution in [0.2, 0.25) is 0 Å². The molecular formula is C17H16O5. The molecule has 0 fully saturated rings. The Labute approximate surface area is 128 Å². The van der Waals surface area contributed by atoms with Crippen LogP contribution in [0.3, 0.4) is 0 Å². The molecule has 1 aliphatic heterocycles. The number of phenols is 1. The van der Waals surface area contributed by atoms with Crippen LogP contribution in [-0.2, 0) is 0 Å². The third-order valence-corrected chi connectivity index (χ3v) is 3.69. The summed E-state index contributed by atoms with van der Waals surface area (Å²) in [6.45, 7) is 0. The summed E-state index contributed by atoms with van der Waals surface area (Å²) in [6.07, 6.45) is -0.206. The van der Waals surface area contributed by atoms with E-state index in [-0.39, 0.29) is 35.2 Å². The van der Waals surface area contributed by atoms with Gasteiger partial charge in [0.25, 0.3) is 0 Å². The zero-order valence-corrected chi connectivity index (χ0v) is 12.3. The van der Waals surface area contributed by atoms with Gasteiger partial charge in [-0.1, -0.05) is 30.3 Å². The molecule has 0 aliphatic carbocycles. The molecule has 1 heterocycles. The molecule has 114 valence electrons. The Morgan fingerprint density at radius 2 is 1.91 bits per heavy atom. The Hall–Kier alpha value is -2.69. The number of carbonyl (C=O) groups excluding carboxylic acids is 1. The third kappa shape index (κ3) is 2.24. The molecule has 1 atom stereocenters. The first-order chi connectivity index (χ1) is 10.7. The van der Waals surface area contributed by atoms with E-state index < -0.39 is 6.10 Å². The molecule has 0 unspecified atom stereocenters. The Morgan fingerprint density at radius 1 is 1.18 bits per heavy atom. The van der Waals surface area contributed by atoms with Gasteiger partial charge < -0.3 is 19.3 Å². The molecule has 1 aliphatic rings. The molecule has 0 aromatic heterocycles. The van der Waals surface area contributed by atoms with E-state index >= 15 is 0 Å². The average Bonchev–Trinajstić information content (AvgIpc) is 2.54. The van der Waals surface area contributed by atoms with E-state index in [9.17, 15) is 9.90 Å². The fourth-order valence-electron chi connectivity index (χ4n) is 2.65. The van der Waals surface area contributed by atoms with Crippen LogP contribution in [0.1, 0.15) is 28.4 Å². The van der Waals surface area contributed by atoms with Gasteiger partial charge in [-0.2, -0.15) is 0 Å². The highest BCUT2D eigenvalue weighted by molar-refractivity contribution is 6.04. The number of fused-ring (bicyclic) bond motifs is 1. The van der Waals surface area contributed by atoms with E-state index in [0.29, 0.717) is 5.56 Å². The molecule has 5 heteroatoms. The Bertz CT molecular complexity index is 709. The maximum atomic E-state index is 12.5. The van der Waals surface area contributed by atoms with Gasteiger partial charge >= 0.3 is 0 Å². The number of benzene rings is 2. The van der Waals surface area contributed by atoms with Crippen molar-refractivity contribution in [1.29, 1.82) is 0 Å². The number of rotatable bonds is 3. The van der Waals surface area contributed by atoms with Gasteiger partial charge in [0.15, 0.2) is 17.3 Å². The van der Waals surface area contributed by atoms with E-state index in [1.807, 2.05) is 30.3 Å². The van der Waals surface area contributed by atoms with E-state index in [0.717, 1.165) is 5.56 Å². The maximum Gasteiger partial charge on any atom is 0.204 e. The van der Waals surface area contributed by atoms with Crippen molar-refractivity contribution in [2.24, 2.45) is 0 Å². The van der Waals surface area contributed by atoms with Crippen LogP contribution in [0, 0.1) is 0 Å². The van der Waals surface area contributed by atoms with Crippen LogP contribution in [0.25, 0.3) is 0 Å². The summed E-state index contributed by atoms with van der Waals surface area (Å²) < 4.78 is 16.3. The number of phenolic OH excluding ortho intramolecular Hbond substituents is 1. The Morgan fingerprint density at radius 3 is 2.55 bits per heavy atom. The minimum absolute atomic E-state index is 0.106. The second kappa shape index (κ2) is 5.60. The van der Waals surface area contributed by atoms with Crippen LogP contribution < -0.4 is 14.2 Å². The summed E-state index contributed by atoms with van der Waals surface area (Å²) in [5.41, 5.74) is 1.20. The monoisotopic (exact) mass is 300 g/mol. The fourth-order valence-corrected chi connectivity index (χ4v) is 2.65. The molecule has 0 radical (unpaired) electrons. The smallest absolute Gasteiger partial charge is 0.204 e. The lowest BCUT2D eigenvalue weighted by Gasteiger charge is -2.28. The van der Waals surface area contributed by atoms with Gasteiger partial charge in [0, 0.05) is 6.07 Å². The van der Waals surface area contributed by atoms with Crippen molar-refractivity contribution in [3.8, 4) is 23.0 Å². The minimum Gasteiger partial charge on any atom is -0.504 e. The predicted octanol–water partition coefficient (Wildman–Crippen LogP) is 3.12. The highest BCUT2D eigenvalue weighted by Crippen LogP contribution is 2.49. The second-order valence-corrected chi connectivity index (χ2v) is 4.98. The number of ether oxygens (including phenoxy) is 3. The quantitative estimate of drug-likeness (QED) is 0.943. The third-order valence-electron chi connectivity index (χ3n) is 3.69. The van der Waals surface area contributed by atoms with E-state index in [1.54, 1.807) is 0 Å².